The molecule has 0 aromatic rings. The molecule has 2 atom stereocenters. The molecule has 1 saturated heterocycles. The van der Waals surface area contributed by atoms with Gasteiger partial charge in [-0.1, -0.05) is 19.3 Å². The van der Waals surface area contributed by atoms with Gasteiger partial charge < -0.3 is 19.5 Å². The van der Waals surface area contributed by atoms with Crippen molar-refractivity contribution in [3.8, 4) is 0 Å². The van der Waals surface area contributed by atoms with Gasteiger partial charge in [0.2, 0.25) is 0 Å². The molecule has 0 spiro atoms. The quantitative estimate of drug-likeness (QED) is 0.290. The lowest BCUT2D eigenvalue weighted by molar-refractivity contribution is -0.152. The number of nitrogens with one attached hydrogen (secondary N) is 1. The topological polar surface area (TPSA) is 105 Å². The SMILES string of the molecule is CC(C)OC(=O)COCCCCC1C(=O)NC(=O)N1CCC(O)C1CCCCC1. The van der Waals surface area contributed by atoms with E-state index < -0.39 is 12.1 Å². The van der Waals surface area contributed by atoms with Crippen LogP contribution in [0.3, 0.4) is 0 Å². The number of carbonyl (C=O) groups is 3. The summed E-state index contributed by atoms with van der Waals surface area (Å²) in [7, 11) is 0. The van der Waals surface area contributed by atoms with Crippen molar-refractivity contribution in [1.29, 1.82) is 0 Å². The van der Waals surface area contributed by atoms with Gasteiger partial charge in [-0.15, -0.1) is 0 Å². The molecule has 166 valence electrons. The zero-order valence-corrected chi connectivity index (χ0v) is 17.7. The Kier molecular flexibility index (Phi) is 9.87. The number of ether oxygens (including phenoxy) is 2. The van der Waals surface area contributed by atoms with Gasteiger partial charge in [0, 0.05) is 13.2 Å². The fraction of sp³-hybridized carbons (Fsp3) is 0.857. The molecule has 1 saturated carbocycles. The summed E-state index contributed by atoms with van der Waals surface area (Å²) in [5.41, 5.74) is 0. The van der Waals surface area contributed by atoms with Crippen LogP contribution in [0.2, 0.25) is 0 Å². The van der Waals surface area contributed by atoms with Crippen molar-refractivity contribution >= 4 is 17.9 Å². The first-order chi connectivity index (χ1) is 13.9. The van der Waals surface area contributed by atoms with Crippen molar-refractivity contribution in [1.82, 2.24) is 10.2 Å². The Hall–Kier alpha value is -1.67. The van der Waals surface area contributed by atoms with E-state index in [9.17, 15) is 19.5 Å². The van der Waals surface area contributed by atoms with E-state index in [0.717, 1.165) is 25.7 Å². The molecule has 1 heterocycles. The zero-order chi connectivity index (χ0) is 21.2. The van der Waals surface area contributed by atoms with Crippen LogP contribution in [0.25, 0.3) is 0 Å². The molecule has 2 fully saturated rings. The number of amides is 3. The normalized spacial score (nSPS) is 21.5. The molecular formula is C21H36N2O6. The van der Waals surface area contributed by atoms with Gasteiger partial charge in [-0.25, -0.2) is 9.59 Å². The smallest absolute Gasteiger partial charge is 0.332 e. The van der Waals surface area contributed by atoms with Crippen molar-refractivity contribution in [3.63, 3.8) is 0 Å². The van der Waals surface area contributed by atoms with Crippen LogP contribution in [0.1, 0.15) is 71.6 Å². The first kappa shape index (κ1) is 23.6. The zero-order valence-electron chi connectivity index (χ0n) is 17.7. The standard InChI is InChI=1S/C21H36N2O6/c1-15(2)29-19(25)14-28-13-7-6-10-17-20(26)22-21(27)23(17)12-11-18(24)16-8-4-3-5-9-16/h15-18,24H,3-14H2,1-2H3,(H,22,26,27). The predicted molar refractivity (Wildman–Crippen MR) is 107 cm³/mol. The van der Waals surface area contributed by atoms with Crippen LogP contribution in [-0.4, -0.2) is 65.9 Å². The van der Waals surface area contributed by atoms with E-state index in [1.807, 2.05) is 0 Å². The molecule has 1 aliphatic carbocycles. The van der Waals surface area contributed by atoms with Crippen molar-refractivity contribution in [3.05, 3.63) is 0 Å². The molecular weight excluding hydrogens is 376 g/mol. The Morgan fingerprint density at radius 1 is 1.21 bits per heavy atom. The lowest BCUT2D eigenvalue weighted by Gasteiger charge is -2.29. The molecule has 0 radical (unpaired) electrons. The second-order valence-electron chi connectivity index (χ2n) is 8.34. The maximum atomic E-state index is 12.1. The van der Waals surface area contributed by atoms with E-state index in [-0.39, 0.29) is 30.6 Å². The number of hydrogen-bond acceptors (Lipinski definition) is 6. The van der Waals surface area contributed by atoms with Crippen molar-refractivity contribution in [2.24, 2.45) is 5.92 Å². The number of unbranched alkanes of at least 4 members (excludes halogenated alkanes) is 1. The fourth-order valence-corrected chi connectivity index (χ4v) is 4.11. The van der Waals surface area contributed by atoms with Gasteiger partial charge in [-0.05, 0) is 58.3 Å². The van der Waals surface area contributed by atoms with Crippen molar-refractivity contribution in [2.45, 2.75) is 89.9 Å². The summed E-state index contributed by atoms with van der Waals surface area (Å²) in [6, 6.07) is -0.865. The maximum absolute atomic E-state index is 12.1. The number of rotatable bonds is 12. The lowest BCUT2D eigenvalue weighted by atomic mass is 9.84. The fourth-order valence-electron chi connectivity index (χ4n) is 4.11. The largest absolute Gasteiger partial charge is 0.461 e. The molecule has 0 bridgehead atoms. The first-order valence-corrected chi connectivity index (χ1v) is 10.9. The third kappa shape index (κ3) is 7.93. The molecule has 8 nitrogen and oxygen atoms in total. The van der Waals surface area contributed by atoms with Gasteiger partial charge in [-0.2, -0.15) is 0 Å². The molecule has 3 amide bonds. The van der Waals surface area contributed by atoms with E-state index in [1.165, 1.54) is 6.42 Å². The number of nitrogens with zero attached hydrogens (tertiary/aromatic N) is 1. The van der Waals surface area contributed by atoms with E-state index in [2.05, 4.69) is 5.32 Å². The summed E-state index contributed by atoms with van der Waals surface area (Å²) in [5.74, 6) is -0.352. The lowest BCUT2D eigenvalue weighted by Crippen LogP contribution is -2.38. The van der Waals surface area contributed by atoms with Crippen LogP contribution in [0.15, 0.2) is 0 Å². The van der Waals surface area contributed by atoms with E-state index in [4.69, 9.17) is 9.47 Å². The second kappa shape index (κ2) is 12.1. The molecule has 2 aliphatic rings. The third-order valence-electron chi connectivity index (χ3n) is 5.63. The van der Waals surface area contributed by atoms with Crippen LogP contribution in [-0.2, 0) is 19.1 Å². The maximum Gasteiger partial charge on any atom is 0.332 e. The number of esters is 1. The van der Waals surface area contributed by atoms with Crippen LogP contribution in [0.4, 0.5) is 4.79 Å². The highest BCUT2D eigenvalue weighted by Gasteiger charge is 2.38. The highest BCUT2D eigenvalue weighted by Crippen LogP contribution is 2.28. The Bertz CT molecular complexity index is 547. The molecule has 2 unspecified atom stereocenters. The number of urea groups is 1. The Morgan fingerprint density at radius 2 is 1.93 bits per heavy atom. The summed E-state index contributed by atoms with van der Waals surface area (Å²) in [6.45, 7) is 4.27. The molecule has 0 aromatic heterocycles. The van der Waals surface area contributed by atoms with Gasteiger partial charge in [0.15, 0.2) is 0 Å². The van der Waals surface area contributed by atoms with Gasteiger partial charge in [0.25, 0.3) is 5.91 Å². The third-order valence-corrected chi connectivity index (χ3v) is 5.63. The van der Waals surface area contributed by atoms with E-state index in [1.54, 1.807) is 18.7 Å². The number of aliphatic hydroxyl groups excluding tert-OH is 1. The minimum Gasteiger partial charge on any atom is -0.461 e. The van der Waals surface area contributed by atoms with E-state index >= 15 is 0 Å². The summed E-state index contributed by atoms with van der Waals surface area (Å²) in [4.78, 5) is 37.2. The summed E-state index contributed by atoms with van der Waals surface area (Å²) < 4.78 is 10.3. The van der Waals surface area contributed by atoms with Crippen molar-refractivity contribution < 1.29 is 29.0 Å². The number of carbonyl (C=O) groups excluding carboxylic acids is 3. The van der Waals surface area contributed by atoms with E-state index in [0.29, 0.717) is 44.8 Å². The Morgan fingerprint density at radius 3 is 2.62 bits per heavy atom. The second-order valence-corrected chi connectivity index (χ2v) is 8.34. The summed E-state index contributed by atoms with van der Waals surface area (Å²) in [5, 5.41) is 12.8. The minimum absolute atomic E-state index is 0.0776. The highest BCUT2D eigenvalue weighted by atomic mass is 16.6. The minimum atomic E-state index is -0.494. The number of imide groups is 1. The first-order valence-electron chi connectivity index (χ1n) is 10.9. The molecule has 29 heavy (non-hydrogen) atoms. The monoisotopic (exact) mass is 412 g/mol. The highest BCUT2D eigenvalue weighted by molar-refractivity contribution is 6.04. The molecule has 2 rings (SSSR count). The average Bonchev–Trinajstić information content (AvgIpc) is 2.95. The molecule has 0 aromatic carbocycles. The summed E-state index contributed by atoms with van der Waals surface area (Å²) >= 11 is 0. The van der Waals surface area contributed by atoms with Crippen LogP contribution in [0, 0.1) is 5.92 Å². The van der Waals surface area contributed by atoms with Gasteiger partial charge in [0.05, 0.1) is 12.2 Å². The predicted octanol–water partition coefficient (Wildman–Crippen LogP) is 2.38. The Balaban J connectivity index is 1.67. The van der Waals surface area contributed by atoms with Gasteiger partial charge in [0.1, 0.15) is 12.6 Å². The summed E-state index contributed by atoms with van der Waals surface area (Å²) in [6.07, 6.45) is 7.48. The molecule has 2 N–H and O–H groups in total. The van der Waals surface area contributed by atoms with Crippen LogP contribution in [0.5, 0.6) is 0 Å². The Labute approximate surface area is 173 Å². The average molecular weight is 413 g/mol. The van der Waals surface area contributed by atoms with Crippen LogP contribution >= 0.6 is 0 Å². The molecule has 8 heteroatoms. The number of hydrogen-bond donors (Lipinski definition) is 2. The number of aliphatic hydroxyl groups is 1. The van der Waals surface area contributed by atoms with Gasteiger partial charge in [-0.3, -0.25) is 10.1 Å². The van der Waals surface area contributed by atoms with Gasteiger partial charge >= 0.3 is 12.0 Å². The molecule has 1 aliphatic heterocycles. The van der Waals surface area contributed by atoms with Crippen LogP contribution < -0.4 is 5.32 Å². The van der Waals surface area contributed by atoms with Crippen molar-refractivity contribution in [2.75, 3.05) is 19.8 Å².